The average Bonchev–Trinajstić information content (AvgIpc) is 2.41. The Morgan fingerprint density at radius 1 is 1.25 bits per heavy atom. The highest BCUT2D eigenvalue weighted by atomic mass is 79.9. The van der Waals surface area contributed by atoms with Crippen LogP contribution < -0.4 is 10.6 Å². The fourth-order valence-electron chi connectivity index (χ4n) is 1.71. The third-order valence-electron chi connectivity index (χ3n) is 2.62. The van der Waals surface area contributed by atoms with Crippen LogP contribution in [0.25, 0.3) is 0 Å². The van der Waals surface area contributed by atoms with Gasteiger partial charge >= 0.3 is 0 Å². The number of benzene rings is 1. The molecule has 1 amide bonds. The lowest BCUT2D eigenvalue weighted by molar-refractivity contribution is -0.116. The first-order valence-corrected chi connectivity index (χ1v) is 7.25. The van der Waals surface area contributed by atoms with Crippen molar-refractivity contribution in [1.82, 2.24) is 4.98 Å². The van der Waals surface area contributed by atoms with Gasteiger partial charge in [-0.25, -0.2) is 4.98 Å². The average molecular weight is 334 g/mol. The van der Waals surface area contributed by atoms with E-state index in [4.69, 9.17) is 0 Å². The maximum atomic E-state index is 11.5. The first-order chi connectivity index (χ1) is 9.67. The van der Waals surface area contributed by atoms with E-state index in [9.17, 15) is 4.79 Å². The second kappa shape index (κ2) is 7.05. The zero-order valence-electron chi connectivity index (χ0n) is 11.2. The van der Waals surface area contributed by atoms with Gasteiger partial charge in [0.2, 0.25) is 5.91 Å². The summed E-state index contributed by atoms with van der Waals surface area (Å²) in [7, 11) is 0. The number of pyridine rings is 1. The van der Waals surface area contributed by atoms with Crippen LogP contribution in [0.1, 0.15) is 19.8 Å². The second-order valence-electron chi connectivity index (χ2n) is 4.37. The van der Waals surface area contributed by atoms with Gasteiger partial charge in [0.25, 0.3) is 0 Å². The quantitative estimate of drug-likeness (QED) is 0.856. The van der Waals surface area contributed by atoms with Gasteiger partial charge in [-0.3, -0.25) is 4.79 Å². The van der Waals surface area contributed by atoms with Gasteiger partial charge in [0, 0.05) is 16.6 Å². The predicted octanol–water partition coefficient (Wildman–Crippen LogP) is 4.33. The Balaban J connectivity index is 1.99. The number of aromatic nitrogens is 1. The van der Waals surface area contributed by atoms with Crippen molar-refractivity contribution in [2.24, 2.45) is 0 Å². The minimum Gasteiger partial charge on any atom is -0.340 e. The summed E-state index contributed by atoms with van der Waals surface area (Å²) in [6.07, 6.45) is 3.01. The number of anilines is 3. The van der Waals surface area contributed by atoms with Crippen molar-refractivity contribution in [2.75, 3.05) is 10.6 Å². The first kappa shape index (κ1) is 14.5. The standard InChI is InChI=1S/C15H16BrN3O/c1-2-4-15(20)19-13-7-8-14(17-10-13)18-12-6-3-5-11(16)9-12/h3,5-10H,2,4H2,1H3,(H,17,18)(H,19,20). The maximum Gasteiger partial charge on any atom is 0.224 e. The molecule has 0 fully saturated rings. The molecule has 4 nitrogen and oxygen atoms in total. The molecule has 0 spiro atoms. The van der Waals surface area contributed by atoms with Gasteiger partial charge in [-0.05, 0) is 36.8 Å². The molecule has 1 aromatic carbocycles. The van der Waals surface area contributed by atoms with Crippen LogP contribution in [0, 0.1) is 0 Å². The largest absolute Gasteiger partial charge is 0.340 e. The summed E-state index contributed by atoms with van der Waals surface area (Å²) >= 11 is 3.42. The van der Waals surface area contributed by atoms with E-state index in [0.717, 1.165) is 22.4 Å². The zero-order chi connectivity index (χ0) is 14.4. The Kier molecular flexibility index (Phi) is 5.12. The van der Waals surface area contributed by atoms with E-state index in [1.807, 2.05) is 43.3 Å². The first-order valence-electron chi connectivity index (χ1n) is 6.46. The number of carbonyl (C=O) groups is 1. The van der Waals surface area contributed by atoms with E-state index in [1.165, 1.54) is 0 Å². The van der Waals surface area contributed by atoms with Gasteiger partial charge < -0.3 is 10.6 Å². The van der Waals surface area contributed by atoms with Crippen LogP contribution in [0.4, 0.5) is 17.2 Å². The van der Waals surface area contributed by atoms with E-state index in [-0.39, 0.29) is 5.91 Å². The van der Waals surface area contributed by atoms with Gasteiger partial charge in [0.05, 0.1) is 11.9 Å². The second-order valence-corrected chi connectivity index (χ2v) is 5.28. The summed E-state index contributed by atoms with van der Waals surface area (Å²) in [6.45, 7) is 1.98. The molecular weight excluding hydrogens is 318 g/mol. The van der Waals surface area contributed by atoms with E-state index in [0.29, 0.717) is 12.1 Å². The summed E-state index contributed by atoms with van der Waals surface area (Å²) in [4.78, 5) is 15.7. The Morgan fingerprint density at radius 2 is 2.10 bits per heavy atom. The van der Waals surface area contributed by atoms with Crippen molar-refractivity contribution >= 4 is 39.0 Å². The normalized spacial score (nSPS) is 10.1. The summed E-state index contributed by atoms with van der Waals surface area (Å²) in [5.74, 6) is 0.749. The Hall–Kier alpha value is -1.88. The highest BCUT2D eigenvalue weighted by Gasteiger charge is 2.02. The number of nitrogens with one attached hydrogen (secondary N) is 2. The molecule has 0 aliphatic rings. The summed E-state index contributed by atoms with van der Waals surface area (Å²) in [5, 5.41) is 6.00. The van der Waals surface area contributed by atoms with Gasteiger partial charge in [-0.1, -0.05) is 28.9 Å². The van der Waals surface area contributed by atoms with Crippen molar-refractivity contribution < 1.29 is 4.79 Å². The Bertz CT molecular complexity index is 584. The topological polar surface area (TPSA) is 54.0 Å². The molecule has 1 aromatic heterocycles. The van der Waals surface area contributed by atoms with Crippen LogP contribution in [-0.4, -0.2) is 10.9 Å². The number of halogens is 1. The molecule has 2 N–H and O–H groups in total. The number of nitrogens with zero attached hydrogens (tertiary/aromatic N) is 1. The Morgan fingerprint density at radius 3 is 2.75 bits per heavy atom. The number of amides is 1. The molecule has 2 rings (SSSR count). The van der Waals surface area contributed by atoms with Crippen molar-refractivity contribution in [1.29, 1.82) is 0 Å². The summed E-state index contributed by atoms with van der Waals surface area (Å²) in [6, 6.07) is 11.5. The lowest BCUT2D eigenvalue weighted by Gasteiger charge is -2.08. The van der Waals surface area contributed by atoms with Crippen LogP contribution in [0.5, 0.6) is 0 Å². The van der Waals surface area contributed by atoms with Crippen LogP contribution in [0.2, 0.25) is 0 Å². The Labute approximate surface area is 126 Å². The third kappa shape index (κ3) is 4.35. The fourth-order valence-corrected chi connectivity index (χ4v) is 2.11. The molecule has 0 saturated carbocycles. The number of hydrogen-bond donors (Lipinski definition) is 2. The molecule has 0 aliphatic carbocycles. The molecule has 104 valence electrons. The minimum absolute atomic E-state index is 0.0157. The zero-order valence-corrected chi connectivity index (χ0v) is 12.8. The van der Waals surface area contributed by atoms with Crippen LogP contribution in [-0.2, 0) is 4.79 Å². The van der Waals surface area contributed by atoms with E-state index >= 15 is 0 Å². The van der Waals surface area contributed by atoms with E-state index in [1.54, 1.807) is 6.20 Å². The van der Waals surface area contributed by atoms with Crippen molar-refractivity contribution in [3.05, 3.63) is 47.1 Å². The molecule has 0 radical (unpaired) electrons. The van der Waals surface area contributed by atoms with E-state index in [2.05, 4.69) is 31.5 Å². The number of hydrogen-bond acceptors (Lipinski definition) is 3. The third-order valence-corrected chi connectivity index (χ3v) is 3.11. The molecule has 2 aromatic rings. The lowest BCUT2D eigenvalue weighted by atomic mass is 10.3. The summed E-state index contributed by atoms with van der Waals surface area (Å²) in [5.41, 5.74) is 1.66. The molecule has 20 heavy (non-hydrogen) atoms. The van der Waals surface area contributed by atoms with Gasteiger partial charge in [0.15, 0.2) is 0 Å². The monoisotopic (exact) mass is 333 g/mol. The molecule has 5 heteroatoms. The molecule has 1 heterocycles. The van der Waals surface area contributed by atoms with Gasteiger partial charge in [-0.2, -0.15) is 0 Å². The molecule has 0 aliphatic heterocycles. The predicted molar refractivity (Wildman–Crippen MR) is 85.2 cm³/mol. The number of rotatable bonds is 5. The number of carbonyl (C=O) groups excluding carboxylic acids is 1. The van der Waals surface area contributed by atoms with Crippen LogP contribution in [0.3, 0.4) is 0 Å². The minimum atomic E-state index is 0.0157. The van der Waals surface area contributed by atoms with Crippen LogP contribution in [0.15, 0.2) is 47.1 Å². The van der Waals surface area contributed by atoms with Crippen molar-refractivity contribution in [3.8, 4) is 0 Å². The highest BCUT2D eigenvalue weighted by molar-refractivity contribution is 9.10. The molecule has 0 bridgehead atoms. The molecule has 0 atom stereocenters. The smallest absolute Gasteiger partial charge is 0.224 e. The fraction of sp³-hybridized carbons (Fsp3) is 0.200. The highest BCUT2D eigenvalue weighted by Crippen LogP contribution is 2.20. The van der Waals surface area contributed by atoms with Crippen molar-refractivity contribution in [2.45, 2.75) is 19.8 Å². The summed E-state index contributed by atoms with van der Waals surface area (Å²) < 4.78 is 1.01. The molecule has 0 saturated heterocycles. The van der Waals surface area contributed by atoms with E-state index < -0.39 is 0 Å². The SMILES string of the molecule is CCCC(=O)Nc1ccc(Nc2cccc(Br)c2)nc1. The van der Waals surface area contributed by atoms with Crippen LogP contribution >= 0.6 is 15.9 Å². The van der Waals surface area contributed by atoms with Crippen molar-refractivity contribution in [3.63, 3.8) is 0 Å². The van der Waals surface area contributed by atoms with Gasteiger partial charge in [-0.15, -0.1) is 0 Å². The molecule has 0 unspecified atom stereocenters. The maximum absolute atomic E-state index is 11.5. The lowest BCUT2D eigenvalue weighted by Crippen LogP contribution is -2.10. The molecular formula is C15H16BrN3O. The van der Waals surface area contributed by atoms with Gasteiger partial charge in [0.1, 0.15) is 5.82 Å².